The molecule has 0 amide bonds. The minimum absolute atomic E-state index is 0.598. The van der Waals surface area contributed by atoms with E-state index in [2.05, 4.69) is 9.97 Å². The SMILES string of the molecule is Nc1nc(-c2ccoc2)nc2sc3c(c12)CCCC3. The summed E-state index contributed by atoms with van der Waals surface area (Å²) in [6.07, 6.45) is 8.03. The van der Waals surface area contributed by atoms with Crippen LogP contribution in [0.1, 0.15) is 23.3 Å². The molecular weight excluding hydrogens is 258 g/mol. The van der Waals surface area contributed by atoms with Gasteiger partial charge in [0.2, 0.25) is 0 Å². The van der Waals surface area contributed by atoms with Gasteiger partial charge >= 0.3 is 0 Å². The molecule has 1 aliphatic carbocycles. The van der Waals surface area contributed by atoms with E-state index in [0.29, 0.717) is 11.6 Å². The van der Waals surface area contributed by atoms with Crippen LogP contribution in [-0.2, 0) is 12.8 Å². The molecule has 0 bridgehead atoms. The van der Waals surface area contributed by atoms with Crippen molar-refractivity contribution in [1.82, 2.24) is 9.97 Å². The number of nitrogen functional groups attached to an aromatic ring is 1. The number of nitrogens with zero attached hydrogens (tertiary/aromatic N) is 2. The molecule has 0 saturated heterocycles. The second-order valence-electron chi connectivity index (χ2n) is 4.84. The molecule has 0 saturated carbocycles. The molecule has 4 nitrogen and oxygen atoms in total. The van der Waals surface area contributed by atoms with Crippen molar-refractivity contribution in [2.24, 2.45) is 0 Å². The molecule has 3 heterocycles. The van der Waals surface area contributed by atoms with Crippen molar-refractivity contribution >= 4 is 27.4 Å². The van der Waals surface area contributed by atoms with Gasteiger partial charge in [0.05, 0.1) is 17.2 Å². The fraction of sp³-hybridized carbons (Fsp3) is 0.286. The van der Waals surface area contributed by atoms with Crippen LogP contribution in [0.4, 0.5) is 5.82 Å². The van der Waals surface area contributed by atoms with Crippen molar-refractivity contribution in [2.75, 3.05) is 5.73 Å². The number of anilines is 1. The Kier molecular flexibility index (Phi) is 2.35. The molecule has 1 aliphatic rings. The summed E-state index contributed by atoms with van der Waals surface area (Å²) in [5.41, 5.74) is 8.41. The van der Waals surface area contributed by atoms with Crippen molar-refractivity contribution in [1.29, 1.82) is 0 Å². The second kappa shape index (κ2) is 4.06. The van der Waals surface area contributed by atoms with Gasteiger partial charge in [-0.2, -0.15) is 0 Å². The minimum atomic E-state index is 0.598. The van der Waals surface area contributed by atoms with Gasteiger partial charge in [-0.1, -0.05) is 0 Å². The van der Waals surface area contributed by atoms with E-state index in [1.165, 1.54) is 23.3 Å². The molecule has 96 valence electrons. The summed E-state index contributed by atoms with van der Waals surface area (Å²) in [4.78, 5) is 11.5. The molecule has 5 heteroatoms. The van der Waals surface area contributed by atoms with Gasteiger partial charge in [-0.25, -0.2) is 9.97 Å². The normalized spacial score (nSPS) is 14.7. The number of fused-ring (bicyclic) bond motifs is 3. The molecule has 3 aromatic rings. The van der Waals surface area contributed by atoms with Crippen LogP contribution >= 0.6 is 11.3 Å². The molecule has 0 fully saturated rings. The van der Waals surface area contributed by atoms with Crippen molar-refractivity contribution in [3.05, 3.63) is 29.0 Å². The third-order valence-corrected chi connectivity index (χ3v) is 4.81. The lowest BCUT2D eigenvalue weighted by atomic mass is 9.97. The number of rotatable bonds is 1. The average Bonchev–Trinajstić information content (AvgIpc) is 3.05. The third kappa shape index (κ3) is 1.65. The molecule has 4 rings (SSSR count). The summed E-state index contributed by atoms with van der Waals surface area (Å²) >= 11 is 1.76. The lowest BCUT2D eigenvalue weighted by Gasteiger charge is -2.10. The first-order valence-electron chi connectivity index (χ1n) is 6.43. The Hall–Kier alpha value is -1.88. The fourth-order valence-corrected chi connectivity index (χ4v) is 3.98. The van der Waals surface area contributed by atoms with E-state index < -0.39 is 0 Å². The molecule has 3 aromatic heterocycles. The molecular formula is C14H13N3OS. The van der Waals surface area contributed by atoms with E-state index in [-0.39, 0.29) is 0 Å². The summed E-state index contributed by atoms with van der Waals surface area (Å²) in [6, 6.07) is 1.86. The number of aromatic nitrogens is 2. The molecule has 0 radical (unpaired) electrons. The van der Waals surface area contributed by atoms with E-state index in [9.17, 15) is 0 Å². The standard InChI is InChI=1S/C14H13N3OS/c15-12-11-9-3-1-2-4-10(9)19-14(11)17-13(16-12)8-5-6-18-7-8/h5-7H,1-4H2,(H2,15,16,17). The zero-order chi connectivity index (χ0) is 12.8. The van der Waals surface area contributed by atoms with Gasteiger partial charge in [-0.15, -0.1) is 11.3 Å². The molecule has 0 spiro atoms. The molecule has 0 aliphatic heterocycles. The maximum absolute atomic E-state index is 6.16. The van der Waals surface area contributed by atoms with E-state index in [4.69, 9.17) is 10.2 Å². The Morgan fingerprint density at radius 1 is 1.21 bits per heavy atom. The number of thiophene rings is 1. The Labute approximate surface area is 114 Å². The zero-order valence-corrected chi connectivity index (χ0v) is 11.2. The first-order valence-corrected chi connectivity index (χ1v) is 7.25. The second-order valence-corrected chi connectivity index (χ2v) is 5.92. The topological polar surface area (TPSA) is 64.9 Å². The average molecular weight is 271 g/mol. The summed E-state index contributed by atoms with van der Waals surface area (Å²) in [6.45, 7) is 0. The van der Waals surface area contributed by atoms with Crippen LogP contribution in [0.3, 0.4) is 0 Å². The van der Waals surface area contributed by atoms with Gasteiger partial charge in [-0.05, 0) is 37.3 Å². The summed E-state index contributed by atoms with van der Waals surface area (Å²) < 4.78 is 5.08. The first-order chi connectivity index (χ1) is 9.33. The van der Waals surface area contributed by atoms with Gasteiger partial charge in [0.25, 0.3) is 0 Å². The van der Waals surface area contributed by atoms with Gasteiger partial charge in [-0.3, -0.25) is 0 Å². The Balaban J connectivity index is 1.98. The van der Waals surface area contributed by atoms with Gasteiger partial charge in [0, 0.05) is 4.88 Å². The van der Waals surface area contributed by atoms with Crippen molar-refractivity contribution in [2.45, 2.75) is 25.7 Å². The Morgan fingerprint density at radius 3 is 2.95 bits per heavy atom. The zero-order valence-electron chi connectivity index (χ0n) is 10.3. The monoisotopic (exact) mass is 271 g/mol. The van der Waals surface area contributed by atoms with Crippen molar-refractivity contribution < 1.29 is 4.42 Å². The number of furan rings is 1. The van der Waals surface area contributed by atoms with Gasteiger partial charge in [0.1, 0.15) is 16.9 Å². The molecule has 19 heavy (non-hydrogen) atoms. The van der Waals surface area contributed by atoms with Crippen LogP contribution in [-0.4, -0.2) is 9.97 Å². The highest BCUT2D eigenvalue weighted by atomic mass is 32.1. The first kappa shape index (κ1) is 11.0. The van der Waals surface area contributed by atoms with Crippen LogP contribution in [0.2, 0.25) is 0 Å². The van der Waals surface area contributed by atoms with Gasteiger partial charge in [0.15, 0.2) is 5.82 Å². The smallest absolute Gasteiger partial charge is 0.166 e. The number of aryl methyl sites for hydroxylation is 2. The van der Waals surface area contributed by atoms with E-state index in [1.807, 2.05) is 6.07 Å². The third-order valence-electron chi connectivity index (χ3n) is 3.62. The lowest BCUT2D eigenvalue weighted by Crippen LogP contribution is -2.01. The van der Waals surface area contributed by atoms with Gasteiger partial charge < -0.3 is 10.2 Å². The highest BCUT2D eigenvalue weighted by Gasteiger charge is 2.20. The predicted molar refractivity (Wildman–Crippen MR) is 76.2 cm³/mol. The Bertz CT molecular complexity index is 746. The summed E-state index contributed by atoms with van der Waals surface area (Å²) in [5, 5.41) is 1.08. The maximum atomic E-state index is 6.16. The summed E-state index contributed by atoms with van der Waals surface area (Å²) in [7, 11) is 0. The van der Waals surface area contributed by atoms with E-state index in [1.54, 1.807) is 23.9 Å². The molecule has 0 unspecified atom stereocenters. The van der Waals surface area contributed by atoms with Crippen LogP contribution in [0.15, 0.2) is 23.0 Å². The predicted octanol–water partition coefficient (Wildman–Crippen LogP) is 3.41. The fourth-order valence-electron chi connectivity index (χ4n) is 2.71. The van der Waals surface area contributed by atoms with Crippen LogP contribution < -0.4 is 5.73 Å². The maximum Gasteiger partial charge on any atom is 0.166 e. The largest absolute Gasteiger partial charge is 0.472 e. The number of nitrogens with two attached hydrogens (primary N) is 1. The number of hydrogen-bond donors (Lipinski definition) is 1. The van der Waals surface area contributed by atoms with Crippen LogP contribution in [0.25, 0.3) is 21.6 Å². The van der Waals surface area contributed by atoms with Crippen molar-refractivity contribution in [3.8, 4) is 11.4 Å². The van der Waals surface area contributed by atoms with Crippen LogP contribution in [0.5, 0.6) is 0 Å². The molecule has 2 N–H and O–H groups in total. The van der Waals surface area contributed by atoms with Crippen LogP contribution in [0, 0.1) is 0 Å². The lowest BCUT2D eigenvalue weighted by molar-refractivity contribution is 0.568. The van der Waals surface area contributed by atoms with E-state index >= 15 is 0 Å². The van der Waals surface area contributed by atoms with Crippen molar-refractivity contribution in [3.63, 3.8) is 0 Å². The number of hydrogen-bond acceptors (Lipinski definition) is 5. The highest BCUT2D eigenvalue weighted by Crippen LogP contribution is 2.38. The quantitative estimate of drug-likeness (QED) is 0.736. The van der Waals surface area contributed by atoms with E-state index in [0.717, 1.165) is 28.6 Å². The molecule has 0 aromatic carbocycles. The minimum Gasteiger partial charge on any atom is -0.472 e. The highest BCUT2D eigenvalue weighted by molar-refractivity contribution is 7.19. The molecule has 0 atom stereocenters. The Morgan fingerprint density at radius 2 is 2.11 bits per heavy atom. The summed E-state index contributed by atoms with van der Waals surface area (Å²) in [5.74, 6) is 1.25.